The number of furan rings is 1. The topological polar surface area (TPSA) is 80.1 Å². The number of hydrogen-bond donors (Lipinski definition) is 0. The number of piperazine rings is 1. The molecule has 0 spiro atoms. The van der Waals surface area contributed by atoms with Crippen LogP contribution in [0.15, 0.2) is 59.0 Å². The normalized spacial score (nSPS) is 15.3. The predicted octanol–water partition coefficient (Wildman–Crippen LogP) is 2.81. The summed E-state index contributed by atoms with van der Waals surface area (Å²) in [5.74, 6) is 1.00. The summed E-state index contributed by atoms with van der Waals surface area (Å²) < 4.78 is 34.7. The third-order valence-corrected chi connectivity index (χ3v) is 6.38. The van der Waals surface area contributed by atoms with Gasteiger partial charge in [-0.1, -0.05) is 36.4 Å². The average Bonchev–Trinajstić information content (AvgIpc) is 3.15. The molecule has 1 aromatic heterocycles. The van der Waals surface area contributed by atoms with Crippen LogP contribution in [0.5, 0.6) is 5.75 Å². The third kappa shape index (κ3) is 5.26. The molecule has 0 bridgehead atoms. The van der Waals surface area contributed by atoms with E-state index in [1.165, 1.54) is 6.26 Å². The predicted molar refractivity (Wildman–Crippen MR) is 119 cm³/mol. The maximum absolute atomic E-state index is 13.3. The summed E-state index contributed by atoms with van der Waals surface area (Å²) in [6, 6.07) is 17.0. The average molecular weight is 443 g/mol. The van der Waals surface area contributed by atoms with Gasteiger partial charge in [0, 0.05) is 49.9 Å². The molecule has 1 fully saturated rings. The fraction of sp³-hybridized carbons (Fsp3) is 0.348. The lowest BCUT2D eigenvalue weighted by molar-refractivity contribution is 0.0612. The number of fused-ring (bicyclic) bond motifs is 1. The van der Waals surface area contributed by atoms with Crippen LogP contribution in [-0.4, -0.2) is 68.9 Å². The first-order valence-electron chi connectivity index (χ1n) is 10.3. The molecule has 8 heteroatoms. The zero-order valence-corrected chi connectivity index (χ0v) is 18.3. The van der Waals surface area contributed by atoms with E-state index in [9.17, 15) is 13.2 Å². The highest BCUT2D eigenvalue weighted by Crippen LogP contribution is 2.28. The fourth-order valence-electron chi connectivity index (χ4n) is 3.70. The van der Waals surface area contributed by atoms with E-state index in [1.54, 1.807) is 4.90 Å². The van der Waals surface area contributed by atoms with Gasteiger partial charge in [0.15, 0.2) is 5.76 Å². The zero-order chi connectivity index (χ0) is 21.8. The Morgan fingerprint density at radius 2 is 1.68 bits per heavy atom. The number of sulfone groups is 1. The Balaban J connectivity index is 1.49. The van der Waals surface area contributed by atoms with Crippen molar-refractivity contribution in [2.75, 3.05) is 44.7 Å². The number of ether oxygens (including phenoxy) is 1. The van der Waals surface area contributed by atoms with Gasteiger partial charge in [-0.05, 0) is 18.2 Å². The van der Waals surface area contributed by atoms with Gasteiger partial charge in [0.1, 0.15) is 27.8 Å². The molecule has 1 saturated heterocycles. The van der Waals surface area contributed by atoms with Gasteiger partial charge in [-0.3, -0.25) is 9.69 Å². The fourth-order valence-corrected chi connectivity index (χ4v) is 4.29. The van der Waals surface area contributed by atoms with E-state index >= 15 is 0 Å². The van der Waals surface area contributed by atoms with Crippen molar-refractivity contribution in [2.45, 2.75) is 6.61 Å². The number of hydrogen-bond acceptors (Lipinski definition) is 6. The molecule has 1 amide bonds. The van der Waals surface area contributed by atoms with Crippen molar-refractivity contribution < 1.29 is 22.4 Å². The van der Waals surface area contributed by atoms with Gasteiger partial charge in [-0.2, -0.15) is 0 Å². The number of para-hydroxylation sites is 2. The Bertz CT molecular complexity index is 1150. The maximum atomic E-state index is 13.3. The molecule has 0 unspecified atom stereocenters. The van der Waals surface area contributed by atoms with Gasteiger partial charge >= 0.3 is 0 Å². The molecule has 7 nitrogen and oxygen atoms in total. The Hall–Kier alpha value is -2.84. The highest BCUT2D eigenvalue weighted by Gasteiger charge is 2.28. The first kappa shape index (κ1) is 21.4. The first-order valence-corrected chi connectivity index (χ1v) is 12.3. The number of rotatable bonds is 7. The van der Waals surface area contributed by atoms with Crippen LogP contribution in [-0.2, 0) is 16.4 Å². The lowest BCUT2D eigenvalue weighted by Gasteiger charge is -2.34. The molecule has 0 aliphatic carbocycles. The summed E-state index contributed by atoms with van der Waals surface area (Å²) in [5.41, 5.74) is 1.40. The quantitative estimate of drug-likeness (QED) is 0.560. The minimum absolute atomic E-state index is 0.130. The monoisotopic (exact) mass is 442 g/mol. The molecule has 31 heavy (non-hydrogen) atoms. The largest absolute Gasteiger partial charge is 0.489 e. The molecule has 1 aliphatic rings. The summed E-state index contributed by atoms with van der Waals surface area (Å²) in [6.07, 6.45) is 1.24. The van der Waals surface area contributed by atoms with E-state index in [0.717, 1.165) is 16.7 Å². The Morgan fingerprint density at radius 3 is 2.39 bits per heavy atom. The van der Waals surface area contributed by atoms with E-state index in [2.05, 4.69) is 4.90 Å². The Morgan fingerprint density at radius 1 is 1.00 bits per heavy atom. The molecular formula is C23H26N2O5S. The number of amides is 1. The molecule has 2 heterocycles. The Kier molecular flexibility index (Phi) is 6.29. The number of carbonyl (C=O) groups is 1. The Labute approximate surface area is 182 Å². The number of carbonyl (C=O) groups excluding carboxylic acids is 1. The number of nitrogens with zero attached hydrogens (tertiary/aromatic N) is 2. The highest BCUT2D eigenvalue weighted by atomic mass is 32.2. The maximum Gasteiger partial charge on any atom is 0.290 e. The van der Waals surface area contributed by atoms with Gasteiger partial charge in [0.25, 0.3) is 5.91 Å². The smallest absolute Gasteiger partial charge is 0.290 e. The van der Waals surface area contributed by atoms with Crippen molar-refractivity contribution in [3.05, 3.63) is 65.9 Å². The van der Waals surface area contributed by atoms with Crippen molar-refractivity contribution in [2.24, 2.45) is 0 Å². The van der Waals surface area contributed by atoms with Crippen molar-refractivity contribution in [3.63, 3.8) is 0 Å². The molecule has 0 N–H and O–H groups in total. The van der Waals surface area contributed by atoms with Crippen LogP contribution < -0.4 is 4.74 Å². The first-order chi connectivity index (χ1) is 14.9. The molecule has 0 saturated carbocycles. The molecule has 0 radical (unpaired) electrons. The molecule has 3 aromatic rings. The molecule has 164 valence electrons. The van der Waals surface area contributed by atoms with E-state index in [0.29, 0.717) is 44.1 Å². The van der Waals surface area contributed by atoms with Crippen molar-refractivity contribution in [3.8, 4) is 5.75 Å². The summed E-state index contributed by atoms with van der Waals surface area (Å²) in [7, 11) is -3.00. The second-order valence-electron chi connectivity index (χ2n) is 7.77. The summed E-state index contributed by atoms with van der Waals surface area (Å²) in [4.78, 5) is 17.1. The van der Waals surface area contributed by atoms with Crippen LogP contribution in [0.4, 0.5) is 0 Å². The molecule has 0 atom stereocenters. The summed E-state index contributed by atoms with van der Waals surface area (Å²) in [5, 5.41) is 0.869. The van der Waals surface area contributed by atoms with Crippen molar-refractivity contribution in [1.82, 2.24) is 9.80 Å². The third-order valence-electron chi connectivity index (χ3n) is 5.46. The second kappa shape index (κ2) is 9.11. The second-order valence-corrected chi connectivity index (χ2v) is 10.0. The van der Waals surface area contributed by atoms with Crippen LogP contribution in [0.25, 0.3) is 11.0 Å². The lowest BCUT2D eigenvalue weighted by atomic mass is 10.1. The van der Waals surface area contributed by atoms with Gasteiger partial charge in [-0.15, -0.1) is 0 Å². The molecule has 4 rings (SSSR count). The molecule has 1 aliphatic heterocycles. The van der Waals surface area contributed by atoms with Crippen molar-refractivity contribution >= 4 is 26.7 Å². The summed E-state index contributed by atoms with van der Waals surface area (Å²) >= 11 is 0. The molecule has 2 aromatic carbocycles. The van der Waals surface area contributed by atoms with Gasteiger partial charge in [-0.25, -0.2) is 8.42 Å². The summed E-state index contributed by atoms with van der Waals surface area (Å²) in [6.45, 7) is 3.05. The minimum Gasteiger partial charge on any atom is -0.489 e. The van der Waals surface area contributed by atoms with E-state index in [1.807, 2.05) is 54.6 Å². The minimum atomic E-state index is -3.00. The highest BCUT2D eigenvalue weighted by molar-refractivity contribution is 7.90. The van der Waals surface area contributed by atoms with Crippen LogP contribution in [0.2, 0.25) is 0 Å². The zero-order valence-electron chi connectivity index (χ0n) is 17.5. The van der Waals surface area contributed by atoms with E-state index < -0.39 is 9.84 Å². The van der Waals surface area contributed by atoms with Crippen LogP contribution in [0.1, 0.15) is 16.1 Å². The van der Waals surface area contributed by atoms with Crippen LogP contribution >= 0.6 is 0 Å². The number of benzene rings is 2. The standard InChI is InChI=1S/C23H26N2O5S/c1-31(27,28)16-15-24-11-13-25(14-12-24)23(26)22-20(17-29-18-7-3-2-4-8-18)19-9-5-6-10-21(19)30-22/h2-10H,11-17H2,1H3. The van der Waals surface area contributed by atoms with Crippen molar-refractivity contribution in [1.29, 1.82) is 0 Å². The van der Waals surface area contributed by atoms with Gasteiger partial charge < -0.3 is 14.1 Å². The van der Waals surface area contributed by atoms with Crippen LogP contribution in [0, 0.1) is 0 Å². The lowest BCUT2D eigenvalue weighted by Crippen LogP contribution is -2.49. The van der Waals surface area contributed by atoms with Crippen LogP contribution in [0.3, 0.4) is 0 Å². The van der Waals surface area contributed by atoms with E-state index in [-0.39, 0.29) is 18.3 Å². The van der Waals surface area contributed by atoms with E-state index in [4.69, 9.17) is 9.15 Å². The molecular weight excluding hydrogens is 416 g/mol. The SMILES string of the molecule is CS(=O)(=O)CCN1CCN(C(=O)c2oc3ccccc3c2COc2ccccc2)CC1. The van der Waals surface area contributed by atoms with Gasteiger partial charge in [0.05, 0.1) is 5.75 Å². The van der Waals surface area contributed by atoms with Gasteiger partial charge in [0.2, 0.25) is 0 Å².